The van der Waals surface area contributed by atoms with Crippen LogP contribution in [0.15, 0.2) is 59.4 Å². The first-order valence-electron chi connectivity index (χ1n) is 7.83. The van der Waals surface area contributed by atoms with E-state index in [4.69, 9.17) is 4.74 Å². The third-order valence-electron chi connectivity index (χ3n) is 4.07. The number of aromatic nitrogens is 1. The van der Waals surface area contributed by atoms with Crippen LogP contribution in [0.4, 0.5) is 13.2 Å². The number of nitriles is 1. The third kappa shape index (κ3) is 3.55. The lowest BCUT2D eigenvalue weighted by atomic mass is 9.95. The van der Waals surface area contributed by atoms with Crippen LogP contribution in [0.1, 0.15) is 11.1 Å². The molecule has 0 amide bonds. The van der Waals surface area contributed by atoms with Gasteiger partial charge >= 0.3 is 6.18 Å². The van der Waals surface area contributed by atoms with Gasteiger partial charge in [0.25, 0.3) is 5.56 Å². The number of ether oxygens (including phenoxy) is 1. The second-order valence-corrected chi connectivity index (χ2v) is 5.68. The minimum absolute atomic E-state index is 0.0695. The molecular weight excluding hydrogens is 357 g/mol. The summed E-state index contributed by atoms with van der Waals surface area (Å²) >= 11 is 0. The number of methoxy groups -OCH3 is 1. The zero-order valence-electron chi connectivity index (χ0n) is 14.1. The predicted molar refractivity (Wildman–Crippen MR) is 94.2 cm³/mol. The van der Waals surface area contributed by atoms with Crippen molar-refractivity contribution in [1.29, 1.82) is 5.26 Å². The molecule has 0 bridgehead atoms. The van der Waals surface area contributed by atoms with Gasteiger partial charge in [-0.25, -0.2) is 0 Å². The molecule has 1 heterocycles. The van der Waals surface area contributed by atoms with E-state index in [2.05, 4.69) is 4.98 Å². The van der Waals surface area contributed by atoms with Crippen molar-refractivity contribution in [2.24, 2.45) is 0 Å². The van der Waals surface area contributed by atoms with E-state index in [1.807, 2.05) is 0 Å². The second-order valence-electron chi connectivity index (χ2n) is 5.68. The van der Waals surface area contributed by atoms with Gasteiger partial charge in [0.2, 0.25) is 0 Å². The summed E-state index contributed by atoms with van der Waals surface area (Å²) < 4.78 is 45.3. The molecule has 0 unspecified atom stereocenters. The average Bonchev–Trinajstić information content (AvgIpc) is 2.66. The number of halogens is 3. The van der Waals surface area contributed by atoms with Crippen LogP contribution in [0, 0.1) is 11.3 Å². The van der Waals surface area contributed by atoms with Gasteiger partial charge in [0.1, 0.15) is 17.4 Å². The molecule has 136 valence electrons. The SMILES string of the molecule is COc1ccc(-c2cc(-c3ccccc3C(F)(F)F)c(C#N)c(=O)[nH]2)cc1. The van der Waals surface area contributed by atoms with Crippen molar-refractivity contribution < 1.29 is 17.9 Å². The Morgan fingerprint density at radius 1 is 1.04 bits per heavy atom. The van der Waals surface area contributed by atoms with Gasteiger partial charge in [0, 0.05) is 11.3 Å². The normalized spacial score (nSPS) is 11.1. The fraction of sp³-hybridized carbons (Fsp3) is 0.100. The van der Waals surface area contributed by atoms with Crippen molar-refractivity contribution in [3.8, 4) is 34.2 Å². The van der Waals surface area contributed by atoms with Crippen LogP contribution < -0.4 is 10.3 Å². The molecular formula is C20H13F3N2O2. The molecule has 0 spiro atoms. The Morgan fingerprint density at radius 2 is 1.70 bits per heavy atom. The van der Waals surface area contributed by atoms with Crippen LogP contribution in [0.5, 0.6) is 5.75 Å². The maximum Gasteiger partial charge on any atom is 0.417 e. The summed E-state index contributed by atoms with van der Waals surface area (Å²) in [5.74, 6) is 0.595. The van der Waals surface area contributed by atoms with Crippen LogP contribution in [0.3, 0.4) is 0 Å². The molecule has 0 fully saturated rings. The van der Waals surface area contributed by atoms with E-state index in [9.17, 15) is 23.2 Å². The monoisotopic (exact) mass is 370 g/mol. The Labute approximate surface area is 152 Å². The first-order chi connectivity index (χ1) is 12.8. The van der Waals surface area contributed by atoms with Gasteiger partial charge in [0.05, 0.1) is 12.7 Å². The van der Waals surface area contributed by atoms with E-state index in [1.165, 1.54) is 31.4 Å². The number of benzene rings is 2. The van der Waals surface area contributed by atoms with Crippen LogP contribution in [-0.2, 0) is 6.18 Å². The van der Waals surface area contributed by atoms with E-state index in [0.717, 1.165) is 6.07 Å². The van der Waals surface area contributed by atoms with Gasteiger partial charge in [-0.05, 0) is 47.5 Å². The smallest absolute Gasteiger partial charge is 0.417 e. The molecule has 7 heteroatoms. The van der Waals surface area contributed by atoms with E-state index < -0.39 is 17.3 Å². The lowest BCUT2D eigenvalue weighted by Gasteiger charge is -2.14. The number of nitrogens with one attached hydrogen (secondary N) is 1. The van der Waals surface area contributed by atoms with Gasteiger partial charge in [-0.15, -0.1) is 0 Å². The number of H-pyrrole nitrogens is 1. The summed E-state index contributed by atoms with van der Waals surface area (Å²) in [6, 6.07) is 14.6. The molecule has 0 aliphatic carbocycles. The predicted octanol–water partition coefficient (Wildman–Crippen LogP) is 4.61. The third-order valence-corrected chi connectivity index (χ3v) is 4.07. The van der Waals surface area contributed by atoms with Gasteiger partial charge in [-0.3, -0.25) is 4.79 Å². The largest absolute Gasteiger partial charge is 0.497 e. The van der Waals surface area contributed by atoms with E-state index in [-0.39, 0.29) is 16.7 Å². The molecule has 3 aromatic rings. The molecule has 27 heavy (non-hydrogen) atoms. The highest BCUT2D eigenvalue weighted by atomic mass is 19.4. The lowest BCUT2D eigenvalue weighted by Crippen LogP contribution is -2.14. The standard InChI is InChI=1S/C20H13F3N2O2/c1-27-13-8-6-12(7-9-13)18-10-15(16(11-24)19(26)25-18)14-4-2-3-5-17(14)20(21,22)23/h2-10H,1H3,(H,25,26). The molecule has 1 N–H and O–H groups in total. The molecule has 0 saturated heterocycles. The molecule has 0 aliphatic heterocycles. The van der Waals surface area contributed by atoms with Gasteiger partial charge in [-0.2, -0.15) is 18.4 Å². The minimum atomic E-state index is -4.62. The van der Waals surface area contributed by atoms with Crippen molar-refractivity contribution in [1.82, 2.24) is 4.98 Å². The number of nitrogens with zero attached hydrogens (tertiary/aromatic N) is 1. The first kappa shape index (κ1) is 18.3. The number of hydrogen-bond donors (Lipinski definition) is 1. The van der Waals surface area contributed by atoms with Crippen molar-refractivity contribution in [2.45, 2.75) is 6.18 Å². The van der Waals surface area contributed by atoms with Crippen LogP contribution in [-0.4, -0.2) is 12.1 Å². The summed E-state index contributed by atoms with van der Waals surface area (Å²) in [4.78, 5) is 14.9. The first-order valence-corrected chi connectivity index (χ1v) is 7.83. The number of hydrogen-bond acceptors (Lipinski definition) is 3. The number of rotatable bonds is 3. The highest BCUT2D eigenvalue weighted by molar-refractivity contribution is 5.77. The highest BCUT2D eigenvalue weighted by Gasteiger charge is 2.34. The molecule has 1 aromatic heterocycles. The fourth-order valence-electron chi connectivity index (χ4n) is 2.77. The van der Waals surface area contributed by atoms with Gasteiger partial charge in [-0.1, -0.05) is 18.2 Å². The van der Waals surface area contributed by atoms with Gasteiger partial charge < -0.3 is 9.72 Å². The Hall–Kier alpha value is -3.53. The number of alkyl halides is 3. The van der Waals surface area contributed by atoms with E-state index in [1.54, 1.807) is 30.3 Å². The second kappa shape index (κ2) is 7.00. The maximum atomic E-state index is 13.4. The van der Waals surface area contributed by atoms with Gasteiger partial charge in [0.15, 0.2) is 0 Å². The molecule has 3 rings (SSSR count). The van der Waals surface area contributed by atoms with Crippen molar-refractivity contribution in [3.63, 3.8) is 0 Å². The van der Waals surface area contributed by atoms with E-state index >= 15 is 0 Å². The average molecular weight is 370 g/mol. The number of pyridine rings is 1. The quantitative estimate of drug-likeness (QED) is 0.732. The molecule has 0 aliphatic rings. The molecule has 0 atom stereocenters. The molecule has 2 aromatic carbocycles. The zero-order valence-corrected chi connectivity index (χ0v) is 14.1. The van der Waals surface area contributed by atoms with Crippen LogP contribution in [0.2, 0.25) is 0 Å². The topological polar surface area (TPSA) is 65.9 Å². The summed E-state index contributed by atoms with van der Waals surface area (Å²) in [6.45, 7) is 0. The summed E-state index contributed by atoms with van der Waals surface area (Å²) in [5, 5.41) is 9.32. The molecule has 0 radical (unpaired) electrons. The maximum absolute atomic E-state index is 13.4. The van der Waals surface area contributed by atoms with Crippen LogP contribution in [0.25, 0.3) is 22.4 Å². The van der Waals surface area contributed by atoms with Crippen molar-refractivity contribution in [2.75, 3.05) is 7.11 Å². The summed E-state index contributed by atoms with van der Waals surface area (Å²) in [5.41, 5.74) is -1.45. The number of aromatic amines is 1. The molecule has 0 saturated carbocycles. The summed E-state index contributed by atoms with van der Waals surface area (Å²) in [7, 11) is 1.50. The highest BCUT2D eigenvalue weighted by Crippen LogP contribution is 2.38. The Kier molecular flexibility index (Phi) is 4.74. The Bertz CT molecular complexity index is 1080. The Balaban J connectivity index is 2.26. The van der Waals surface area contributed by atoms with Crippen molar-refractivity contribution in [3.05, 3.63) is 76.1 Å². The minimum Gasteiger partial charge on any atom is -0.497 e. The Morgan fingerprint density at radius 3 is 2.30 bits per heavy atom. The summed E-state index contributed by atoms with van der Waals surface area (Å²) in [6.07, 6.45) is -4.62. The van der Waals surface area contributed by atoms with E-state index in [0.29, 0.717) is 17.0 Å². The van der Waals surface area contributed by atoms with Crippen LogP contribution >= 0.6 is 0 Å². The van der Waals surface area contributed by atoms with Crippen molar-refractivity contribution >= 4 is 0 Å². The zero-order chi connectivity index (χ0) is 19.6. The lowest BCUT2D eigenvalue weighted by molar-refractivity contribution is -0.137. The fourth-order valence-corrected chi connectivity index (χ4v) is 2.77. The molecule has 4 nitrogen and oxygen atoms in total.